The van der Waals surface area contributed by atoms with Gasteiger partial charge in [-0.25, -0.2) is 4.39 Å². The first-order valence-electron chi connectivity index (χ1n) is 3.83. The Morgan fingerprint density at radius 1 is 1.50 bits per heavy atom. The van der Waals surface area contributed by atoms with E-state index in [4.69, 9.17) is 21.1 Å². The van der Waals surface area contributed by atoms with E-state index in [0.29, 0.717) is 10.6 Å². The molecule has 78 valence electrons. The molecule has 0 saturated heterocycles. The number of halogens is 2. The van der Waals surface area contributed by atoms with Crippen LogP contribution in [0.5, 0.6) is 5.75 Å². The van der Waals surface area contributed by atoms with Gasteiger partial charge in [0.25, 0.3) is 0 Å². The predicted molar refractivity (Wildman–Crippen MR) is 55.7 cm³/mol. The van der Waals surface area contributed by atoms with Crippen molar-refractivity contribution >= 4 is 23.4 Å². The summed E-state index contributed by atoms with van der Waals surface area (Å²) in [5.41, 5.74) is 0. The first-order valence-corrected chi connectivity index (χ1v) is 5.44. The van der Waals surface area contributed by atoms with Gasteiger partial charge >= 0.3 is 0 Å². The molecule has 2 nitrogen and oxygen atoms in total. The molecule has 1 aromatic carbocycles. The van der Waals surface area contributed by atoms with Crippen LogP contribution in [0.2, 0.25) is 5.02 Å². The largest absolute Gasteiger partial charge is 0.465 e. The molecule has 0 bridgehead atoms. The monoisotopic (exact) mass is 236 g/mol. The van der Waals surface area contributed by atoms with Gasteiger partial charge in [-0.15, -0.1) is 11.8 Å². The van der Waals surface area contributed by atoms with E-state index >= 15 is 0 Å². The molecule has 0 aliphatic heterocycles. The van der Waals surface area contributed by atoms with Crippen LogP contribution in [-0.2, 0) is 4.74 Å². The highest BCUT2D eigenvalue weighted by Gasteiger charge is 2.10. The summed E-state index contributed by atoms with van der Waals surface area (Å²) in [4.78, 5) is 0.659. The number of ether oxygens (including phenoxy) is 2. The quantitative estimate of drug-likeness (QED) is 0.591. The van der Waals surface area contributed by atoms with Gasteiger partial charge in [0.2, 0.25) is 0 Å². The molecule has 0 amide bonds. The molecular weight excluding hydrogens is 227 g/mol. The smallest absolute Gasteiger partial charge is 0.188 e. The number of benzene rings is 1. The zero-order chi connectivity index (χ0) is 10.6. The Hall–Kier alpha value is -0.450. The molecule has 5 heteroatoms. The highest BCUT2D eigenvalue weighted by atomic mass is 35.5. The minimum absolute atomic E-state index is 0.0961. The van der Waals surface area contributed by atoms with Gasteiger partial charge in [0.1, 0.15) is 5.82 Å². The van der Waals surface area contributed by atoms with Crippen LogP contribution in [0.15, 0.2) is 17.0 Å². The van der Waals surface area contributed by atoms with Crippen LogP contribution in [-0.4, -0.2) is 20.2 Å². The molecule has 0 spiro atoms. The van der Waals surface area contributed by atoms with Gasteiger partial charge in [-0.3, -0.25) is 0 Å². The summed E-state index contributed by atoms with van der Waals surface area (Å²) >= 11 is 7.18. The standard InChI is InChI=1S/C9H10ClFO2S/c1-12-5-13-9-7(10)3-6(11)4-8(9)14-2/h3-4H,5H2,1-2H3. The lowest BCUT2D eigenvalue weighted by Crippen LogP contribution is -2.00. The second-order valence-corrected chi connectivity index (χ2v) is 3.73. The first kappa shape index (κ1) is 11.6. The Labute approximate surface area is 91.3 Å². The van der Waals surface area contributed by atoms with Crippen molar-refractivity contribution in [2.75, 3.05) is 20.2 Å². The van der Waals surface area contributed by atoms with Crippen LogP contribution in [0.4, 0.5) is 4.39 Å². The fraction of sp³-hybridized carbons (Fsp3) is 0.333. The normalized spacial score (nSPS) is 10.3. The van der Waals surface area contributed by atoms with Crippen molar-refractivity contribution in [3.8, 4) is 5.75 Å². The molecule has 0 aliphatic rings. The average molecular weight is 237 g/mol. The highest BCUT2D eigenvalue weighted by molar-refractivity contribution is 7.98. The summed E-state index contributed by atoms with van der Waals surface area (Å²) in [6, 6.07) is 2.59. The topological polar surface area (TPSA) is 18.5 Å². The van der Waals surface area contributed by atoms with Gasteiger partial charge in [-0.1, -0.05) is 11.6 Å². The van der Waals surface area contributed by atoms with Crippen LogP contribution in [0.1, 0.15) is 0 Å². The van der Waals surface area contributed by atoms with Crippen molar-refractivity contribution in [2.45, 2.75) is 4.90 Å². The third-order valence-corrected chi connectivity index (χ3v) is 2.54. The summed E-state index contributed by atoms with van der Waals surface area (Å²) < 4.78 is 22.9. The van der Waals surface area contributed by atoms with Crippen molar-refractivity contribution in [1.82, 2.24) is 0 Å². The van der Waals surface area contributed by atoms with Crippen LogP contribution < -0.4 is 4.74 Å². The first-order chi connectivity index (χ1) is 6.69. The fourth-order valence-corrected chi connectivity index (χ4v) is 1.85. The lowest BCUT2D eigenvalue weighted by Gasteiger charge is -2.10. The number of methoxy groups -OCH3 is 1. The molecule has 1 rings (SSSR count). The Morgan fingerprint density at radius 2 is 2.21 bits per heavy atom. The summed E-state index contributed by atoms with van der Waals surface area (Å²) in [5, 5.41) is 0.256. The Bertz CT molecular complexity index is 320. The minimum atomic E-state index is -0.371. The fourth-order valence-electron chi connectivity index (χ4n) is 0.946. The molecule has 0 heterocycles. The molecule has 0 aliphatic carbocycles. The van der Waals surface area contributed by atoms with Crippen molar-refractivity contribution < 1.29 is 13.9 Å². The lowest BCUT2D eigenvalue weighted by molar-refractivity contribution is 0.0491. The van der Waals surface area contributed by atoms with Gasteiger partial charge in [-0.2, -0.15) is 0 Å². The molecule has 0 fully saturated rings. The maximum Gasteiger partial charge on any atom is 0.188 e. The van der Waals surface area contributed by atoms with Gasteiger partial charge in [-0.05, 0) is 18.4 Å². The number of rotatable bonds is 4. The number of hydrogen-bond donors (Lipinski definition) is 0. The number of thioether (sulfide) groups is 1. The van der Waals surface area contributed by atoms with Gasteiger partial charge in [0.05, 0.1) is 9.92 Å². The van der Waals surface area contributed by atoms with Crippen molar-refractivity contribution in [2.24, 2.45) is 0 Å². The zero-order valence-corrected chi connectivity index (χ0v) is 9.41. The maximum absolute atomic E-state index is 12.9. The lowest BCUT2D eigenvalue weighted by atomic mass is 10.3. The van der Waals surface area contributed by atoms with Crippen LogP contribution in [0, 0.1) is 5.82 Å². The molecule has 14 heavy (non-hydrogen) atoms. The Morgan fingerprint density at radius 3 is 2.79 bits per heavy atom. The minimum Gasteiger partial charge on any atom is -0.465 e. The third-order valence-electron chi connectivity index (χ3n) is 1.52. The Kier molecular flexibility index (Phi) is 4.51. The van der Waals surface area contributed by atoms with E-state index in [2.05, 4.69) is 0 Å². The summed E-state index contributed by atoms with van der Waals surface area (Å²) in [5.74, 6) is 0.0894. The second-order valence-electron chi connectivity index (χ2n) is 2.47. The highest BCUT2D eigenvalue weighted by Crippen LogP contribution is 2.35. The van der Waals surface area contributed by atoms with Crippen LogP contribution >= 0.6 is 23.4 Å². The molecule has 0 N–H and O–H groups in total. The van der Waals surface area contributed by atoms with Gasteiger partial charge < -0.3 is 9.47 Å². The van der Waals surface area contributed by atoms with Crippen molar-refractivity contribution in [1.29, 1.82) is 0 Å². The van der Waals surface area contributed by atoms with E-state index in [9.17, 15) is 4.39 Å². The predicted octanol–water partition coefficient (Wildman–Crippen LogP) is 3.18. The SMILES string of the molecule is COCOc1c(Cl)cc(F)cc1SC. The molecule has 0 atom stereocenters. The Balaban J connectivity index is 2.99. The van der Waals surface area contributed by atoms with Crippen LogP contribution in [0.25, 0.3) is 0 Å². The van der Waals surface area contributed by atoms with E-state index in [1.165, 1.54) is 31.0 Å². The maximum atomic E-state index is 12.9. The molecular formula is C9H10ClFO2S. The van der Waals surface area contributed by atoms with Gasteiger partial charge in [0, 0.05) is 7.11 Å². The van der Waals surface area contributed by atoms with E-state index in [-0.39, 0.29) is 17.6 Å². The van der Waals surface area contributed by atoms with Crippen molar-refractivity contribution in [3.63, 3.8) is 0 Å². The van der Waals surface area contributed by atoms with E-state index in [1.807, 2.05) is 6.26 Å². The second kappa shape index (κ2) is 5.44. The zero-order valence-electron chi connectivity index (χ0n) is 7.84. The average Bonchev–Trinajstić information content (AvgIpc) is 2.15. The van der Waals surface area contributed by atoms with Crippen LogP contribution in [0.3, 0.4) is 0 Å². The molecule has 0 saturated carbocycles. The molecule has 1 aromatic rings. The van der Waals surface area contributed by atoms with E-state index < -0.39 is 0 Å². The van der Waals surface area contributed by atoms with E-state index in [1.54, 1.807) is 0 Å². The summed E-state index contributed by atoms with van der Waals surface area (Å²) in [7, 11) is 1.51. The molecule has 0 radical (unpaired) electrons. The summed E-state index contributed by atoms with van der Waals surface area (Å²) in [6.45, 7) is 0.0961. The number of hydrogen-bond acceptors (Lipinski definition) is 3. The third kappa shape index (κ3) is 2.77. The van der Waals surface area contributed by atoms with E-state index in [0.717, 1.165) is 0 Å². The van der Waals surface area contributed by atoms with Gasteiger partial charge in [0.15, 0.2) is 12.5 Å². The summed E-state index contributed by atoms with van der Waals surface area (Å²) in [6.07, 6.45) is 1.82. The molecule has 0 unspecified atom stereocenters. The molecule has 0 aromatic heterocycles. The van der Waals surface area contributed by atoms with Crippen molar-refractivity contribution in [3.05, 3.63) is 23.0 Å².